The van der Waals surface area contributed by atoms with Crippen LogP contribution >= 0.6 is 11.8 Å². The zero-order valence-electron chi connectivity index (χ0n) is 15.4. The summed E-state index contributed by atoms with van der Waals surface area (Å²) in [5.41, 5.74) is 2.78. The van der Waals surface area contributed by atoms with Gasteiger partial charge in [0.05, 0.1) is 28.0 Å². The Bertz CT molecular complexity index is 1230. The average molecular weight is 406 g/mol. The molecule has 0 aliphatic heterocycles. The number of nitrogens with one attached hydrogen (secondary N) is 3. The maximum Gasteiger partial charge on any atom is 0.253 e. The van der Waals surface area contributed by atoms with Gasteiger partial charge >= 0.3 is 0 Å². The third kappa shape index (κ3) is 3.56. The van der Waals surface area contributed by atoms with Gasteiger partial charge in [-0.05, 0) is 37.1 Å². The Hall–Kier alpha value is -3.33. The molecule has 4 aromatic rings. The number of amides is 2. The van der Waals surface area contributed by atoms with Crippen LogP contribution in [0.25, 0.3) is 16.8 Å². The van der Waals surface area contributed by atoms with Crippen molar-refractivity contribution in [3.8, 4) is 0 Å². The molecule has 3 N–H and O–H groups in total. The lowest BCUT2D eigenvalue weighted by Gasteiger charge is -2.10. The van der Waals surface area contributed by atoms with Crippen LogP contribution in [-0.4, -0.2) is 43.2 Å². The molecule has 1 aliphatic rings. The summed E-state index contributed by atoms with van der Waals surface area (Å²) in [5, 5.41) is 13.6. The normalized spacial score (nSPS) is 13.7. The zero-order valence-corrected chi connectivity index (χ0v) is 16.2. The summed E-state index contributed by atoms with van der Waals surface area (Å²) in [6, 6.07) is 15.1. The second kappa shape index (κ2) is 7.25. The zero-order chi connectivity index (χ0) is 19.8. The van der Waals surface area contributed by atoms with E-state index in [0.717, 1.165) is 23.9 Å². The molecular formula is C20H18N6O2S. The number of fused-ring (bicyclic) bond motifs is 3. The maximum atomic E-state index is 12.5. The van der Waals surface area contributed by atoms with Gasteiger partial charge in [0.15, 0.2) is 5.16 Å². The fourth-order valence-electron chi connectivity index (χ4n) is 3.14. The Morgan fingerprint density at radius 2 is 1.93 bits per heavy atom. The van der Waals surface area contributed by atoms with Crippen LogP contribution in [0.15, 0.2) is 53.7 Å². The molecule has 2 amide bonds. The van der Waals surface area contributed by atoms with Crippen molar-refractivity contribution >= 4 is 46.1 Å². The predicted octanol–water partition coefficient (Wildman–Crippen LogP) is 2.83. The molecule has 1 aliphatic carbocycles. The van der Waals surface area contributed by atoms with Crippen molar-refractivity contribution in [2.45, 2.75) is 24.0 Å². The number of anilines is 1. The van der Waals surface area contributed by atoms with Gasteiger partial charge in [-0.15, -0.1) is 5.10 Å². The molecule has 9 heteroatoms. The van der Waals surface area contributed by atoms with Crippen molar-refractivity contribution in [3.05, 3.63) is 54.1 Å². The van der Waals surface area contributed by atoms with Crippen LogP contribution in [0.2, 0.25) is 0 Å². The van der Waals surface area contributed by atoms with Crippen LogP contribution in [0, 0.1) is 0 Å². The van der Waals surface area contributed by atoms with Crippen molar-refractivity contribution in [2.24, 2.45) is 0 Å². The van der Waals surface area contributed by atoms with E-state index < -0.39 is 0 Å². The highest BCUT2D eigenvalue weighted by atomic mass is 32.2. The van der Waals surface area contributed by atoms with Crippen LogP contribution in [0.3, 0.4) is 0 Å². The number of benzene rings is 2. The third-order valence-corrected chi connectivity index (χ3v) is 5.63. The van der Waals surface area contributed by atoms with Crippen molar-refractivity contribution in [1.29, 1.82) is 0 Å². The molecule has 2 heterocycles. The number of rotatable bonds is 6. The summed E-state index contributed by atoms with van der Waals surface area (Å²) >= 11 is 1.31. The highest BCUT2D eigenvalue weighted by Gasteiger charge is 2.25. The molecule has 0 saturated heterocycles. The number of thioether (sulfide) groups is 1. The Kier molecular flexibility index (Phi) is 4.44. The number of aromatic nitrogens is 4. The van der Waals surface area contributed by atoms with Crippen LogP contribution in [0.5, 0.6) is 0 Å². The van der Waals surface area contributed by atoms with E-state index in [0.29, 0.717) is 22.2 Å². The summed E-state index contributed by atoms with van der Waals surface area (Å²) < 4.78 is 1.89. The van der Waals surface area contributed by atoms with E-state index in [-0.39, 0.29) is 23.6 Å². The van der Waals surface area contributed by atoms with Gasteiger partial charge in [0.25, 0.3) is 5.91 Å². The minimum Gasteiger partial charge on any atom is -0.349 e. The summed E-state index contributed by atoms with van der Waals surface area (Å²) in [6.45, 7) is 0. The van der Waals surface area contributed by atoms with Crippen molar-refractivity contribution in [1.82, 2.24) is 24.9 Å². The molecule has 0 radical (unpaired) electrons. The Labute approximate surface area is 170 Å². The van der Waals surface area contributed by atoms with Crippen molar-refractivity contribution in [3.63, 3.8) is 0 Å². The second-order valence-corrected chi connectivity index (χ2v) is 7.84. The van der Waals surface area contributed by atoms with E-state index in [1.165, 1.54) is 11.8 Å². The molecule has 0 unspecified atom stereocenters. The first-order valence-corrected chi connectivity index (χ1v) is 10.3. The van der Waals surface area contributed by atoms with Crippen molar-refractivity contribution < 1.29 is 9.59 Å². The molecule has 5 rings (SSSR count). The van der Waals surface area contributed by atoms with Gasteiger partial charge in [-0.2, -0.15) is 0 Å². The van der Waals surface area contributed by atoms with E-state index in [2.05, 4.69) is 25.8 Å². The molecule has 146 valence electrons. The van der Waals surface area contributed by atoms with E-state index in [1.54, 1.807) is 24.3 Å². The monoisotopic (exact) mass is 406 g/mol. The lowest BCUT2D eigenvalue weighted by molar-refractivity contribution is -0.113. The Morgan fingerprint density at radius 1 is 1.14 bits per heavy atom. The summed E-state index contributed by atoms with van der Waals surface area (Å²) in [6.07, 6.45) is 2.02. The van der Waals surface area contributed by atoms with Crippen LogP contribution < -0.4 is 10.6 Å². The quantitative estimate of drug-likeness (QED) is 0.427. The Balaban J connectivity index is 1.30. The van der Waals surface area contributed by atoms with Crippen LogP contribution in [0.1, 0.15) is 23.2 Å². The number of aromatic amines is 1. The Morgan fingerprint density at radius 3 is 2.79 bits per heavy atom. The number of para-hydroxylation sites is 3. The third-order valence-electron chi connectivity index (χ3n) is 4.69. The minimum absolute atomic E-state index is 0.157. The van der Waals surface area contributed by atoms with Gasteiger partial charge in [0.1, 0.15) is 0 Å². The van der Waals surface area contributed by atoms with E-state index in [1.807, 2.05) is 28.7 Å². The fourth-order valence-corrected chi connectivity index (χ4v) is 3.89. The van der Waals surface area contributed by atoms with E-state index in [9.17, 15) is 9.59 Å². The first-order valence-electron chi connectivity index (χ1n) is 9.33. The summed E-state index contributed by atoms with van der Waals surface area (Å²) in [7, 11) is 0. The second-order valence-electron chi connectivity index (χ2n) is 6.90. The van der Waals surface area contributed by atoms with Gasteiger partial charge in [-0.25, -0.2) is 10.1 Å². The standard InChI is InChI=1S/C20H18N6O2S/c27-17(22-14-6-2-1-5-13(14)18(28)21-12-9-10-12)11-29-20-25-24-19-23-15-7-3-4-8-16(15)26(19)20/h1-8,12H,9-11H2,(H,21,28)(H,22,27)(H,23,24). The van der Waals surface area contributed by atoms with E-state index in [4.69, 9.17) is 0 Å². The SMILES string of the molecule is O=C(CSc1n[nH]c2nc3ccccc3n12)Nc1ccccc1C(=O)NC1CC1. The number of carbonyl (C=O) groups excluding carboxylic acids is 2. The average Bonchev–Trinajstić information content (AvgIpc) is 3.33. The summed E-state index contributed by atoms with van der Waals surface area (Å²) in [4.78, 5) is 29.4. The van der Waals surface area contributed by atoms with Gasteiger partial charge in [-0.3, -0.25) is 14.0 Å². The minimum atomic E-state index is -0.206. The molecule has 0 spiro atoms. The van der Waals surface area contributed by atoms with Crippen LogP contribution in [0.4, 0.5) is 5.69 Å². The van der Waals surface area contributed by atoms with Gasteiger partial charge in [0, 0.05) is 6.04 Å². The summed E-state index contributed by atoms with van der Waals surface area (Å²) in [5.74, 6) is 0.429. The lowest BCUT2D eigenvalue weighted by Crippen LogP contribution is -2.27. The van der Waals surface area contributed by atoms with E-state index >= 15 is 0 Å². The number of hydrogen-bond acceptors (Lipinski definition) is 5. The number of carbonyl (C=O) groups is 2. The van der Waals surface area contributed by atoms with Gasteiger partial charge in [-0.1, -0.05) is 36.0 Å². The highest BCUT2D eigenvalue weighted by Crippen LogP contribution is 2.24. The number of H-pyrrole nitrogens is 1. The molecule has 1 fully saturated rings. The van der Waals surface area contributed by atoms with Gasteiger partial charge < -0.3 is 10.6 Å². The lowest BCUT2D eigenvalue weighted by atomic mass is 10.1. The number of hydrogen-bond donors (Lipinski definition) is 3. The molecular weight excluding hydrogens is 388 g/mol. The maximum absolute atomic E-state index is 12.5. The molecule has 2 aromatic heterocycles. The molecule has 8 nitrogen and oxygen atoms in total. The van der Waals surface area contributed by atoms with Crippen LogP contribution in [-0.2, 0) is 4.79 Å². The van der Waals surface area contributed by atoms with Gasteiger partial charge in [0.2, 0.25) is 11.7 Å². The largest absolute Gasteiger partial charge is 0.349 e. The molecule has 0 atom stereocenters. The molecule has 0 bridgehead atoms. The number of nitrogens with zero attached hydrogens (tertiary/aromatic N) is 3. The molecule has 1 saturated carbocycles. The molecule has 2 aromatic carbocycles. The smallest absolute Gasteiger partial charge is 0.253 e. The number of imidazole rings is 1. The topological polar surface area (TPSA) is 104 Å². The first kappa shape index (κ1) is 17.7. The fraction of sp³-hybridized carbons (Fsp3) is 0.200. The predicted molar refractivity (Wildman–Crippen MR) is 111 cm³/mol. The first-order chi connectivity index (χ1) is 14.2. The van der Waals surface area contributed by atoms with Crippen molar-refractivity contribution in [2.75, 3.05) is 11.1 Å². The molecule has 29 heavy (non-hydrogen) atoms. The highest BCUT2D eigenvalue weighted by molar-refractivity contribution is 7.99.